The first-order valence-electron chi connectivity index (χ1n) is 11.0. The number of fused-ring (bicyclic) bond motifs is 3. The summed E-state index contributed by atoms with van der Waals surface area (Å²) < 4.78 is 65.2. The topological polar surface area (TPSA) is 107 Å². The molecule has 0 radical (unpaired) electrons. The molecule has 36 heavy (non-hydrogen) atoms. The molecule has 4 aromatic rings. The molecule has 0 saturated carbocycles. The van der Waals surface area contributed by atoms with E-state index >= 15 is 0 Å². The molecule has 0 bridgehead atoms. The number of hydrogen-bond acceptors (Lipinski definition) is 8. The summed E-state index contributed by atoms with van der Waals surface area (Å²) in [7, 11) is -3.38. The Hall–Kier alpha value is -3.61. The van der Waals surface area contributed by atoms with Crippen LogP contribution in [-0.2, 0) is 22.6 Å². The van der Waals surface area contributed by atoms with Crippen LogP contribution < -0.4 is 4.90 Å². The minimum atomic E-state index is -4.56. The van der Waals surface area contributed by atoms with Crippen molar-refractivity contribution in [3.63, 3.8) is 0 Å². The molecule has 9 nitrogen and oxygen atoms in total. The maximum absolute atomic E-state index is 13.1. The maximum atomic E-state index is 13.1. The van der Waals surface area contributed by atoms with E-state index in [1.54, 1.807) is 41.8 Å². The lowest BCUT2D eigenvalue weighted by atomic mass is 10.00. The number of alkyl halides is 3. The Morgan fingerprint density at radius 1 is 0.972 bits per heavy atom. The molecule has 1 unspecified atom stereocenters. The number of hydrogen-bond donors (Lipinski definition) is 0. The lowest BCUT2D eigenvalue weighted by Gasteiger charge is -2.38. The number of sulfone groups is 1. The average Bonchev–Trinajstić information content (AvgIpc) is 3.21. The molecule has 1 aliphatic heterocycles. The summed E-state index contributed by atoms with van der Waals surface area (Å²) in [6.45, 7) is 4.68. The molecular weight excluding hydrogens is 495 g/mol. The first kappa shape index (κ1) is 25.5. The van der Waals surface area contributed by atoms with E-state index in [0.717, 1.165) is 18.5 Å². The van der Waals surface area contributed by atoms with Gasteiger partial charge in [0.15, 0.2) is 9.84 Å². The lowest BCUT2D eigenvalue weighted by molar-refractivity contribution is -0.141. The average molecular weight is 520 g/mol. The van der Waals surface area contributed by atoms with Crippen LogP contribution in [0.4, 0.5) is 19.1 Å². The van der Waals surface area contributed by atoms with Crippen LogP contribution in [0.5, 0.6) is 0 Å². The monoisotopic (exact) mass is 519 g/mol. The van der Waals surface area contributed by atoms with Gasteiger partial charge in [-0.25, -0.2) is 23.4 Å². The largest absolute Gasteiger partial charge is 0.433 e. The quantitative estimate of drug-likeness (QED) is 0.401. The zero-order valence-electron chi connectivity index (χ0n) is 19.8. The van der Waals surface area contributed by atoms with Crippen molar-refractivity contribution in [1.82, 2.24) is 29.5 Å². The van der Waals surface area contributed by atoms with Gasteiger partial charge in [0.1, 0.15) is 11.5 Å². The summed E-state index contributed by atoms with van der Waals surface area (Å²) in [5.74, 6) is 0.643. The van der Waals surface area contributed by atoms with Crippen molar-refractivity contribution in [2.24, 2.45) is 5.92 Å². The Morgan fingerprint density at radius 3 is 2.19 bits per heavy atom. The molecule has 1 atom stereocenters. The van der Waals surface area contributed by atoms with Crippen LogP contribution in [0.3, 0.4) is 0 Å². The highest BCUT2D eigenvalue weighted by molar-refractivity contribution is 7.90. The van der Waals surface area contributed by atoms with Gasteiger partial charge in [0.2, 0.25) is 5.95 Å². The summed E-state index contributed by atoms with van der Waals surface area (Å²) in [6.07, 6.45) is 4.25. The summed E-state index contributed by atoms with van der Waals surface area (Å²) in [5, 5.41) is 0. The smallest absolute Gasteiger partial charge is 0.329 e. The van der Waals surface area contributed by atoms with Gasteiger partial charge >= 0.3 is 6.18 Å². The van der Waals surface area contributed by atoms with Gasteiger partial charge in [-0.2, -0.15) is 13.2 Å². The molecule has 13 heteroatoms. The van der Waals surface area contributed by atoms with Gasteiger partial charge in [0.25, 0.3) is 0 Å². The van der Waals surface area contributed by atoms with E-state index in [9.17, 15) is 21.6 Å². The first-order valence-corrected chi connectivity index (χ1v) is 12.9. The van der Waals surface area contributed by atoms with E-state index in [4.69, 9.17) is 0 Å². The Bertz CT molecular complexity index is 1430. The van der Waals surface area contributed by atoms with Gasteiger partial charge < -0.3 is 9.47 Å². The number of benzene rings is 1. The molecule has 0 aliphatic carbocycles. The van der Waals surface area contributed by atoms with E-state index in [0.29, 0.717) is 29.9 Å². The van der Waals surface area contributed by atoms with Crippen molar-refractivity contribution in [3.8, 4) is 0 Å². The fourth-order valence-electron chi connectivity index (χ4n) is 4.08. The van der Waals surface area contributed by atoms with Crippen LogP contribution in [0.15, 0.2) is 60.1 Å². The molecule has 0 spiro atoms. The van der Waals surface area contributed by atoms with E-state index in [1.807, 2.05) is 18.4 Å². The number of aromatic nitrogens is 6. The predicted octanol–water partition coefficient (Wildman–Crippen LogP) is 3.94. The molecule has 0 N–H and O–H groups in total. The van der Waals surface area contributed by atoms with Crippen LogP contribution in [0.25, 0.3) is 11.0 Å². The minimum Gasteiger partial charge on any atom is -0.329 e. The minimum absolute atomic E-state index is 0.00124. The van der Waals surface area contributed by atoms with Gasteiger partial charge in [-0.1, -0.05) is 13.8 Å². The zero-order valence-corrected chi connectivity index (χ0v) is 20.6. The summed E-state index contributed by atoms with van der Waals surface area (Å²) in [5.41, 5.74) is 0.324. The van der Waals surface area contributed by atoms with E-state index in [1.165, 1.54) is 6.07 Å². The third kappa shape index (κ3) is 5.30. The second-order valence-corrected chi connectivity index (χ2v) is 10.6. The van der Waals surface area contributed by atoms with Crippen molar-refractivity contribution in [2.75, 3.05) is 17.7 Å². The molecule has 4 heterocycles. The Morgan fingerprint density at radius 2 is 1.64 bits per heavy atom. The number of anilines is 1. The van der Waals surface area contributed by atoms with Crippen molar-refractivity contribution < 1.29 is 21.6 Å². The van der Waals surface area contributed by atoms with Crippen LogP contribution >= 0.6 is 0 Å². The van der Waals surface area contributed by atoms with Crippen molar-refractivity contribution in [1.29, 1.82) is 0 Å². The molecule has 0 amide bonds. The third-order valence-corrected chi connectivity index (χ3v) is 6.75. The molecule has 3 aromatic heterocycles. The molecule has 1 aliphatic rings. The summed E-state index contributed by atoms with van der Waals surface area (Å²) >= 11 is 0. The van der Waals surface area contributed by atoms with Gasteiger partial charge in [0, 0.05) is 50.3 Å². The van der Waals surface area contributed by atoms with Crippen molar-refractivity contribution >= 4 is 26.8 Å². The van der Waals surface area contributed by atoms with Crippen LogP contribution in [0.2, 0.25) is 0 Å². The number of halogens is 3. The van der Waals surface area contributed by atoms with Gasteiger partial charge in [-0.15, -0.1) is 0 Å². The van der Waals surface area contributed by atoms with Gasteiger partial charge in [0.05, 0.1) is 22.0 Å². The second kappa shape index (κ2) is 9.80. The van der Waals surface area contributed by atoms with Gasteiger partial charge in [-0.05, 0) is 30.2 Å². The van der Waals surface area contributed by atoms with E-state index in [2.05, 4.69) is 24.9 Å². The predicted molar refractivity (Wildman–Crippen MR) is 127 cm³/mol. The fraction of sp³-hybridized carbons (Fsp3) is 0.348. The highest BCUT2D eigenvalue weighted by atomic mass is 32.2. The number of rotatable bonds is 3. The van der Waals surface area contributed by atoms with Crippen LogP contribution in [0.1, 0.15) is 31.4 Å². The van der Waals surface area contributed by atoms with Crippen molar-refractivity contribution in [2.45, 2.75) is 37.5 Å². The SMILES string of the molecule is CC(C)C1c2nc3ccc(S(C)(=O)=O)cc3n2CCN1c1nccc(C(F)(F)F)n1.c1cnccn1. The highest BCUT2D eigenvalue weighted by Crippen LogP contribution is 2.37. The first-order chi connectivity index (χ1) is 17.0. The van der Waals surface area contributed by atoms with E-state index < -0.39 is 21.7 Å². The Labute approximate surface area is 206 Å². The Kier molecular flexibility index (Phi) is 6.94. The molecule has 190 valence electrons. The third-order valence-electron chi connectivity index (χ3n) is 5.64. The molecule has 0 fully saturated rings. The highest BCUT2D eigenvalue weighted by Gasteiger charge is 2.37. The molecule has 5 rings (SSSR count). The Balaban J connectivity index is 0.000000445. The second-order valence-electron chi connectivity index (χ2n) is 8.56. The summed E-state index contributed by atoms with van der Waals surface area (Å²) in [4.78, 5) is 21.9. The maximum Gasteiger partial charge on any atom is 0.433 e. The summed E-state index contributed by atoms with van der Waals surface area (Å²) in [6, 6.07) is 5.24. The number of nitrogens with zero attached hydrogens (tertiary/aromatic N) is 7. The normalized spacial score (nSPS) is 16.0. The molecular formula is C23H24F3N7O2S. The van der Waals surface area contributed by atoms with Crippen molar-refractivity contribution in [3.05, 3.63) is 66.8 Å². The fourth-order valence-corrected chi connectivity index (χ4v) is 4.72. The van der Waals surface area contributed by atoms with Crippen LogP contribution in [0, 0.1) is 5.92 Å². The standard InChI is InChI=1S/C19H20F3N5O2S.C4H4N2/c1-11(2)16-17-24-13-5-4-12(30(3,28)29)10-14(13)26(17)8-9-27(16)18-23-7-6-15(25-18)19(20,21)22;1-2-6-4-3-5-1/h4-7,10-11,16H,8-9H2,1-3H3;1-4H. The van der Waals surface area contributed by atoms with E-state index in [-0.39, 0.29) is 22.8 Å². The van der Waals surface area contributed by atoms with Crippen LogP contribution in [-0.4, -0.2) is 50.7 Å². The molecule has 0 saturated heterocycles. The van der Waals surface area contributed by atoms with Gasteiger partial charge in [-0.3, -0.25) is 9.97 Å². The lowest BCUT2D eigenvalue weighted by Crippen LogP contribution is -2.42. The molecule has 1 aromatic carbocycles. The zero-order chi connectivity index (χ0) is 26.1. The number of imidazole rings is 1.